The highest BCUT2D eigenvalue weighted by Gasteiger charge is 2.22. The minimum Gasteiger partial charge on any atom is -0.494 e. The zero-order chi connectivity index (χ0) is 24.7. The molecule has 1 aromatic heterocycles. The lowest BCUT2D eigenvalue weighted by Crippen LogP contribution is -2.44. The molecule has 1 fully saturated rings. The number of fused-ring (bicyclic) bond motifs is 1. The fourth-order valence-electron chi connectivity index (χ4n) is 4.79. The number of para-hydroxylation sites is 1. The molecule has 0 atom stereocenters. The predicted molar refractivity (Wildman–Crippen MR) is 145 cm³/mol. The van der Waals surface area contributed by atoms with Gasteiger partial charge in [-0.05, 0) is 61.2 Å². The fraction of sp³-hybridized carbons (Fsp3) is 0.290. The Morgan fingerprint density at radius 2 is 1.69 bits per heavy atom. The van der Waals surface area contributed by atoms with Crippen LogP contribution in [-0.2, 0) is 6.54 Å². The molecule has 0 radical (unpaired) electrons. The molecule has 0 unspecified atom stereocenters. The van der Waals surface area contributed by atoms with Crippen molar-refractivity contribution in [2.24, 2.45) is 0 Å². The zero-order valence-electron chi connectivity index (χ0n) is 20.8. The molecule has 0 bridgehead atoms. The highest BCUT2D eigenvalue weighted by molar-refractivity contribution is 6.07. The molecule has 3 aromatic carbocycles. The Labute approximate surface area is 213 Å². The second kappa shape index (κ2) is 11.4. The number of nitrogens with one attached hydrogen (secondary N) is 1. The Balaban J connectivity index is 1.30. The number of hydrogen-bond acceptors (Lipinski definition) is 4. The summed E-state index contributed by atoms with van der Waals surface area (Å²) < 4.78 is 5.72. The van der Waals surface area contributed by atoms with E-state index in [1.54, 1.807) is 0 Å². The van der Waals surface area contributed by atoms with Gasteiger partial charge in [0.2, 0.25) is 0 Å². The summed E-state index contributed by atoms with van der Waals surface area (Å²) in [7, 11) is 0. The normalized spacial score (nSPS) is 14.6. The van der Waals surface area contributed by atoms with Crippen molar-refractivity contribution in [3.05, 3.63) is 96.1 Å². The molecule has 36 heavy (non-hydrogen) atoms. The molecule has 0 saturated carbocycles. The van der Waals surface area contributed by atoms with Crippen LogP contribution in [0.5, 0.6) is 5.75 Å². The largest absolute Gasteiger partial charge is 0.494 e. The lowest BCUT2D eigenvalue weighted by molar-refractivity contribution is 0.0910. The van der Waals surface area contributed by atoms with Gasteiger partial charge in [-0.15, -0.1) is 0 Å². The minimum absolute atomic E-state index is 0.0285. The van der Waals surface area contributed by atoms with Crippen LogP contribution in [0.1, 0.15) is 42.1 Å². The molecule has 5 rings (SSSR count). The van der Waals surface area contributed by atoms with Gasteiger partial charge in [-0.25, -0.2) is 4.98 Å². The van der Waals surface area contributed by atoms with Crippen molar-refractivity contribution < 1.29 is 9.53 Å². The first-order valence-electron chi connectivity index (χ1n) is 12.9. The first-order chi connectivity index (χ1) is 17.7. The van der Waals surface area contributed by atoms with Gasteiger partial charge in [0, 0.05) is 36.6 Å². The zero-order valence-corrected chi connectivity index (χ0v) is 20.8. The van der Waals surface area contributed by atoms with Crippen LogP contribution in [0.25, 0.3) is 22.2 Å². The van der Waals surface area contributed by atoms with Crippen LogP contribution in [0, 0.1) is 0 Å². The highest BCUT2D eigenvalue weighted by atomic mass is 16.5. The van der Waals surface area contributed by atoms with E-state index in [2.05, 4.69) is 47.5 Å². The summed E-state index contributed by atoms with van der Waals surface area (Å²) in [6, 6.07) is 28.5. The maximum absolute atomic E-state index is 13.5. The van der Waals surface area contributed by atoms with Gasteiger partial charge in [0.1, 0.15) is 5.75 Å². The predicted octanol–water partition coefficient (Wildman–Crippen LogP) is 6.09. The van der Waals surface area contributed by atoms with Gasteiger partial charge in [0.25, 0.3) is 5.91 Å². The van der Waals surface area contributed by atoms with Crippen LogP contribution in [0.4, 0.5) is 0 Å². The quantitative estimate of drug-likeness (QED) is 0.333. The van der Waals surface area contributed by atoms with Gasteiger partial charge in [0.05, 0.1) is 23.4 Å². The number of piperidine rings is 1. The van der Waals surface area contributed by atoms with Gasteiger partial charge in [-0.2, -0.15) is 0 Å². The molecule has 184 valence electrons. The molecular weight excluding hydrogens is 446 g/mol. The van der Waals surface area contributed by atoms with E-state index >= 15 is 0 Å². The summed E-state index contributed by atoms with van der Waals surface area (Å²) in [6.45, 7) is 5.71. The summed E-state index contributed by atoms with van der Waals surface area (Å²) in [5, 5.41) is 4.19. The lowest BCUT2D eigenvalue weighted by Gasteiger charge is -2.32. The molecule has 1 aliphatic heterocycles. The van der Waals surface area contributed by atoms with E-state index in [0.29, 0.717) is 12.2 Å². The Bertz CT molecular complexity index is 1300. The first kappa shape index (κ1) is 24.0. The second-order valence-electron chi connectivity index (χ2n) is 9.45. The first-order valence-corrected chi connectivity index (χ1v) is 12.9. The van der Waals surface area contributed by atoms with Crippen molar-refractivity contribution in [2.45, 2.75) is 38.8 Å². The molecule has 1 N–H and O–H groups in total. The van der Waals surface area contributed by atoms with E-state index in [1.165, 1.54) is 5.56 Å². The molecule has 0 spiro atoms. The Morgan fingerprint density at radius 3 is 2.44 bits per heavy atom. The molecular formula is C31H33N3O2. The van der Waals surface area contributed by atoms with Crippen molar-refractivity contribution >= 4 is 16.8 Å². The lowest BCUT2D eigenvalue weighted by atomic mass is 10.0. The molecule has 0 aliphatic carbocycles. The number of ether oxygens (including phenoxy) is 1. The summed E-state index contributed by atoms with van der Waals surface area (Å²) in [4.78, 5) is 20.8. The third kappa shape index (κ3) is 5.74. The van der Waals surface area contributed by atoms with Crippen molar-refractivity contribution in [1.82, 2.24) is 15.2 Å². The SMILES string of the molecule is CCCOc1ccc(-c2cc(C(=O)NC3CCN(Cc4ccccc4)CC3)c3ccccc3n2)cc1. The highest BCUT2D eigenvalue weighted by Crippen LogP contribution is 2.27. The smallest absolute Gasteiger partial charge is 0.252 e. The third-order valence-electron chi connectivity index (χ3n) is 6.76. The number of hydrogen-bond donors (Lipinski definition) is 1. The molecule has 5 heteroatoms. The van der Waals surface area contributed by atoms with E-state index in [-0.39, 0.29) is 11.9 Å². The van der Waals surface area contributed by atoms with Crippen LogP contribution in [-0.4, -0.2) is 41.5 Å². The maximum Gasteiger partial charge on any atom is 0.252 e. The van der Waals surface area contributed by atoms with Gasteiger partial charge in [-0.1, -0.05) is 55.5 Å². The Morgan fingerprint density at radius 1 is 0.972 bits per heavy atom. The summed E-state index contributed by atoms with van der Waals surface area (Å²) in [5.74, 6) is 0.817. The van der Waals surface area contributed by atoms with Crippen LogP contribution in [0.3, 0.4) is 0 Å². The number of likely N-dealkylation sites (tertiary alicyclic amines) is 1. The summed E-state index contributed by atoms with van der Waals surface area (Å²) >= 11 is 0. The van der Waals surface area contributed by atoms with Crippen molar-refractivity contribution in [1.29, 1.82) is 0 Å². The van der Waals surface area contributed by atoms with Gasteiger partial charge < -0.3 is 10.1 Å². The number of benzene rings is 3. The number of pyridine rings is 1. The summed E-state index contributed by atoms with van der Waals surface area (Å²) in [5.41, 5.74) is 4.59. The standard InChI is InChI=1S/C31H33N3O2/c1-2-20-36-26-14-12-24(13-15-26)30-21-28(27-10-6-7-11-29(27)33-30)31(35)32-25-16-18-34(19-17-25)22-23-8-4-3-5-9-23/h3-15,21,25H,2,16-20,22H2,1H3,(H,32,35). The number of amides is 1. The minimum atomic E-state index is -0.0285. The number of carbonyl (C=O) groups excluding carboxylic acids is 1. The van der Waals surface area contributed by atoms with Gasteiger partial charge in [-0.3, -0.25) is 9.69 Å². The van der Waals surface area contributed by atoms with Crippen molar-refractivity contribution in [3.63, 3.8) is 0 Å². The average Bonchev–Trinajstić information content (AvgIpc) is 2.93. The van der Waals surface area contributed by atoms with Crippen LogP contribution in [0.2, 0.25) is 0 Å². The Hall–Kier alpha value is -3.70. The van der Waals surface area contributed by atoms with Crippen molar-refractivity contribution in [2.75, 3.05) is 19.7 Å². The Kier molecular flexibility index (Phi) is 7.58. The maximum atomic E-state index is 13.5. The van der Waals surface area contributed by atoms with Gasteiger partial charge >= 0.3 is 0 Å². The third-order valence-corrected chi connectivity index (χ3v) is 6.76. The topological polar surface area (TPSA) is 54.5 Å². The van der Waals surface area contributed by atoms with E-state index in [1.807, 2.05) is 54.6 Å². The van der Waals surface area contributed by atoms with E-state index in [4.69, 9.17) is 9.72 Å². The monoisotopic (exact) mass is 479 g/mol. The number of aromatic nitrogens is 1. The molecule has 2 heterocycles. The van der Waals surface area contributed by atoms with Crippen molar-refractivity contribution in [3.8, 4) is 17.0 Å². The average molecular weight is 480 g/mol. The number of carbonyl (C=O) groups is 1. The van der Waals surface area contributed by atoms with E-state index < -0.39 is 0 Å². The number of nitrogens with zero attached hydrogens (tertiary/aromatic N) is 2. The molecule has 1 aliphatic rings. The van der Waals surface area contributed by atoms with Crippen LogP contribution in [0.15, 0.2) is 84.9 Å². The molecule has 1 amide bonds. The van der Waals surface area contributed by atoms with E-state index in [0.717, 1.165) is 66.8 Å². The van der Waals surface area contributed by atoms with E-state index in [9.17, 15) is 4.79 Å². The summed E-state index contributed by atoms with van der Waals surface area (Å²) in [6.07, 6.45) is 2.87. The van der Waals surface area contributed by atoms with Crippen LogP contribution < -0.4 is 10.1 Å². The fourth-order valence-corrected chi connectivity index (χ4v) is 4.79. The molecule has 4 aromatic rings. The van der Waals surface area contributed by atoms with Crippen LogP contribution >= 0.6 is 0 Å². The van der Waals surface area contributed by atoms with Gasteiger partial charge in [0.15, 0.2) is 0 Å². The number of rotatable bonds is 8. The second-order valence-corrected chi connectivity index (χ2v) is 9.45. The molecule has 5 nitrogen and oxygen atoms in total. The molecule has 1 saturated heterocycles.